The molecule has 65 heavy (non-hydrogen) atoms. The SMILES string of the molecule is CC/C=C/C/C=C/C/C=C/C/C=C/C/C=C/CCCCCC(=O)OCC(COCCC(C(=O)O)[N+](C)(C)C)OC(=O)CCCCCCCCC/C=C/C/C=C/CCCCCCCCCC. The summed E-state index contributed by atoms with van der Waals surface area (Å²) in [5.41, 5.74) is 0. The molecule has 0 aromatic rings. The van der Waals surface area contributed by atoms with Crippen LogP contribution in [-0.4, -0.2) is 80.6 Å². The topological polar surface area (TPSA) is 99.1 Å². The second-order valence-electron chi connectivity index (χ2n) is 18.4. The van der Waals surface area contributed by atoms with E-state index in [2.05, 4.69) is 98.9 Å². The van der Waals surface area contributed by atoms with Crippen LogP contribution in [0.4, 0.5) is 0 Å². The highest BCUT2D eigenvalue weighted by molar-refractivity contribution is 5.72. The van der Waals surface area contributed by atoms with Gasteiger partial charge >= 0.3 is 17.9 Å². The summed E-state index contributed by atoms with van der Waals surface area (Å²) in [7, 11) is 5.52. The number of carboxylic acid groups (broad SMARTS) is 1. The monoisotopic (exact) mass is 909 g/mol. The Labute approximate surface area is 399 Å². The van der Waals surface area contributed by atoms with E-state index >= 15 is 0 Å². The summed E-state index contributed by atoms with van der Waals surface area (Å²) in [6, 6.07) is -0.627. The molecule has 0 aromatic heterocycles. The molecule has 0 heterocycles. The number of likely N-dealkylation sites (N-methyl/N-ethyl adjacent to an activating group) is 1. The minimum atomic E-state index is -0.883. The zero-order valence-corrected chi connectivity index (χ0v) is 42.4. The first-order chi connectivity index (χ1) is 31.6. The molecule has 0 spiro atoms. The number of aliphatic carboxylic acids is 1. The van der Waals surface area contributed by atoms with Gasteiger partial charge in [-0.3, -0.25) is 9.59 Å². The summed E-state index contributed by atoms with van der Waals surface area (Å²) in [6.07, 6.45) is 62.1. The molecular formula is C57H98NO7+. The lowest BCUT2D eigenvalue weighted by atomic mass is 10.1. The Kier molecular flexibility index (Phi) is 44.5. The molecule has 0 saturated heterocycles. The van der Waals surface area contributed by atoms with Crippen LogP contribution in [-0.2, 0) is 28.6 Å². The summed E-state index contributed by atoms with van der Waals surface area (Å²) in [5, 5.41) is 9.66. The predicted molar refractivity (Wildman–Crippen MR) is 275 cm³/mol. The van der Waals surface area contributed by atoms with Gasteiger partial charge in [0.25, 0.3) is 0 Å². The third kappa shape index (κ3) is 45.5. The summed E-state index contributed by atoms with van der Waals surface area (Å²) >= 11 is 0. The molecule has 0 aliphatic rings. The van der Waals surface area contributed by atoms with Crippen LogP contribution in [0.1, 0.15) is 206 Å². The van der Waals surface area contributed by atoms with E-state index in [4.69, 9.17) is 14.2 Å². The smallest absolute Gasteiger partial charge is 0.362 e. The Balaban J connectivity index is 4.33. The molecule has 0 rings (SSSR count). The van der Waals surface area contributed by atoms with Gasteiger partial charge in [-0.05, 0) is 89.9 Å². The van der Waals surface area contributed by atoms with Crippen LogP contribution in [0, 0.1) is 0 Å². The van der Waals surface area contributed by atoms with E-state index in [9.17, 15) is 19.5 Å². The maximum absolute atomic E-state index is 12.8. The van der Waals surface area contributed by atoms with Crippen LogP contribution < -0.4 is 0 Å². The van der Waals surface area contributed by atoms with Crippen molar-refractivity contribution in [1.29, 1.82) is 0 Å². The van der Waals surface area contributed by atoms with E-state index in [1.165, 1.54) is 83.5 Å². The summed E-state index contributed by atoms with van der Waals surface area (Å²) < 4.78 is 17.3. The Morgan fingerprint density at radius 2 is 0.862 bits per heavy atom. The van der Waals surface area contributed by atoms with Gasteiger partial charge in [-0.25, -0.2) is 4.79 Å². The number of quaternary nitrogens is 1. The molecule has 8 nitrogen and oxygen atoms in total. The number of hydrogen-bond acceptors (Lipinski definition) is 6. The third-order valence-electron chi connectivity index (χ3n) is 11.3. The number of rotatable bonds is 46. The molecule has 0 fully saturated rings. The fraction of sp³-hybridized carbons (Fsp3) is 0.702. The standard InChI is InChI=1S/C57H97NO7/c1-6-8-10-12-14-16-18-20-22-24-26-27-28-30-32-34-36-38-40-42-44-46-48-56(60)65-53(51-63-50-49-54(57(61)62)58(3,4)5)52-64-55(59)47-45-43-41-39-37-35-33-31-29-25-23-21-19-17-15-13-11-9-7-2/h9,11,15,17,21,23-24,26,28-31,35,37,53-54H,6-8,10,12-14,16,18-20,22,25,27,32-34,36,38-52H2,1-5H3/p+1/b11-9+,17-15+,23-21+,26-24+,30-28+,31-29+,37-35+. The second-order valence-corrected chi connectivity index (χ2v) is 18.4. The number of unbranched alkanes of at least 4 members (excludes halogenated alkanes) is 18. The molecular weight excluding hydrogens is 811 g/mol. The highest BCUT2D eigenvalue weighted by Crippen LogP contribution is 2.14. The molecule has 0 amide bonds. The maximum Gasteiger partial charge on any atom is 0.362 e. The zero-order chi connectivity index (χ0) is 47.7. The molecule has 0 aromatic carbocycles. The number of carboxylic acids is 1. The summed E-state index contributed by atoms with van der Waals surface area (Å²) in [4.78, 5) is 37.2. The summed E-state index contributed by atoms with van der Waals surface area (Å²) in [5.74, 6) is -1.52. The average Bonchev–Trinajstić information content (AvgIpc) is 3.27. The molecule has 0 saturated carbocycles. The number of esters is 2. The van der Waals surface area contributed by atoms with E-state index in [0.29, 0.717) is 19.3 Å². The lowest BCUT2D eigenvalue weighted by Gasteiger charge is -2.31. The van der Waals surface area contributed by atoms with Crippen LogP contribution in [0.2, 0.25) is 0 Å². The maximum atomic E-state index is 12.8. The first-order valence-corrected chi connectivity index (χ1v) is 26.1. The van der Waals surface area contributed by atoms with Crippen molar-refractivity contribution in [1.82, 2.24) is 0 Å². The van der Waals surface area contributed by atoms with E-state index in [1.54, 1.807) is 0 Å². The minimum Gasteiger partial charge on any atom is -0.477 e. The molecule has 372 valence electrons. The number of ether oxygens (including phenoxy) is 3. The van der Waals surface area contributed by atoms with Crippen LogP contribution >= 0.6 is 0 Å². The number of allylic oxidation sites excluding steroid dienone is 14. The van der Waals surface area contributed by atoms with Crippen molar-refractivity contribution in [2.45, 2.75) is 219 Å². The largest absolute Gasteiger partial charge is 0.477 e. The van der Waals surface area contributed by atoms with Crippen LogP contribution in [0.5, 0.6) is 0 Å². The van der Waals surface area contributed by atoms with Gasteiger partial charge in [0.1, 0.15) is 6.61 Å². The number of nitrogens with zero attached hydrogens (tertiary/aromatic N) is 1. The average molecular weight is 909 g/mol. The predicted octanol–water partition coefficient (Wildman–Crippen LogP) is 15.3. The Hall–Kier alpha value is -3.49. The van der Waals surface area contributed by atoms with Gasteiger partial charge in [0, 0.05) is 19.3 Å². The van der Waals surface area contributed by atoms with Crippen molar-refractivity contribution in [2.75, 3.05) is 41.0 Å². The second kappa shape index (κ2) is 47.0. The lowest BCUT2D eigenvalue weighted by Crippen LogP contribution is -2.50. The molecule has 8 heteroatoms. The Morgan fingerprint density at radius 1 is 0.477 bits per heavy atom. The van der Waals surface area contributed by atoms with Gasteiger partial charge in [0.2, 0.25) is 0 Å². The van der Waals surface area contributed by atoms with Crippen LogP contribution in [0.3, 0.4) is 0 Å². The van der Waals surface area contributed by atoms with Crippen molar-refractivity contribution in [3.63, 3.8) is 0 Å². The molecule has 0 radical (unpaired) electrons. The Morgan fingerprint density at radius 3 is 1.29 bits per heavy atom. The van der Waals surface area contributed by atoms with E-state index in [0.717, 1.165) is 89.9 Å². The van der Waals surface area contributed by atoms with Crippen LogP contribution in [0.25, 0.3) is 0 Å². The molecule has 0 aliphatic heterocycles. The quantitative estimate of drug-likeness (QED) is 0.0281. The fourth-order valence-electron chi connectivity index (χ4n) is 7.27. The van der Waals surface area contributed by atoms with Gasteiger partial charge in [0.15, 0.2) is 12.1 Å². The molecule has 2 unspecified atom stereocenters. The molecule has 0 aliphatic carbocycles. The fourth-order valence-corrected chi connectivity index (χ4v) is 7.27. The highest BCUT2D eigenvalue weighted by atomic mass is 16.6. The normalized spacial score (nSPS) is 13.6. The number of hydrogen-bond donors (Lipinski definition) is 1. The molecule has 1 N–H and O–H groups in total. The van der Waals surface area contributed by atoms with E-state index in [-0.39, 0.29) is 36.2 Å². The number of carbonyl (C=O) groups excluding carboxylic acids is 2. The first kappa shape index (κ1) is 61.5. The highest BCUT2D eigenvalue weighted by Gasteiger charge is 2.31. The van der Waals surface area contributed by atoms with Gasteiger partial charge in [-0.2, -0.15) is 0 Å². The van der Waals surface area contributed by atoms with Crippen molar-refractivity contribution in [3.8, 4) is 0 Å². The van der Waals surface area contributed by atoms with Gasteiger partial charge < -0.3 is 23.8 Å². The van der Waals surface area contributed by atoms with Crippen molar-refractivity contribution in [2.24, 2.45) is 0 Å². The van der Waals surface area contributed by atoms with Crippen molar-refractivity contribution >= 4 is 17.9 Å². The van der Waals surface area contributed by atoms with E-state index < -0.39 is 18.1 Å². The third-order valence-corrected chi connectivity index (χ3v) is 11.3. The molecule has 0 bridgehead atoms. The molecule has 2 atom stereocenters. The lowest BCUT2D eigenvalue weighted by molar-refractivity contribution is -0.887. The van der Waals surface area contributed by atoms with Gasteiger partial charge in [0.05, 0.1) is 34.4 Å². The van der Waals surface area contributed by atoms with Crippen LogP contribution in [0.15, 0.2) is 85.1 Å². The first-order valence-electron chi connectivity index (χ1n) is 26.1. The number of carbonyl (C=O) groups is 3. The van der Waals surface area contributed by atoms with Crippen molar-refractivity contribution in [3.05, 3.63) is 85.1 Å². The van der Waals surface area contributed by atoms with Gasteiger partial charge in [-0.1, -0.05) is 182 Å². The van der Waals surface area contributed by atoms with E-state index in [1.807, 2.05) is 21.1 Å². The summed E-state index contributed by atoms with van der Waals surface area (Å²) in [6.45, 7) is 4.58. The minimum absolute atomic E-state index is 0.0427. The van der Waals surface area contributed by atoms with Crippen molar-refractivity contribution < 1.29 is 38.2 Å². The zero-order valence-electron chi connectivity index (χ0n) is 42.4. The Bertz CT molecular complexity index is 1330. The van der Waals surface area contributed by atoms with Gasteiger partial charge in [-0.15, -0.1) is 0 Å².